The molecule has 12 nitrogen and oxygen atoms in total. The van der Waals surface area contributed by atoms with Crippen molar-refractivity contribution < 1.29 is 24.3 Å². The molecular formula is C49H44ClN7O5S. The van der Waals surface area contributed by atoms with Crippen LogP contribution in [-0.4, -0.2) is 52.6 Å². The van der Waals surface area contributed by atoms with Gasteiger partial charge in [-0.05, 0) is 123 Å². The second kappa shape index (κ2) is 14.8. The Bertz CT molecular complexity index is 2990. The smallest absolute Gasteiger partial charge is 0.242 e. The van der Waals surface area contributed by atoms with Gasteiger partial charge in [-0.15, -0.1) is 11.3 Å². The summed E-state index contributed by atoms with van der Waals surface area (Å²) in [5.41, 5.74) is 5.16. The lowest BCUT2D eigenvalue weighted by molar-refractivity contribution is -0.131. The fourth-order valence-electron chi connectivity index (χ4n) is 10.6. The second-order valence-corrected chi connectivity index (χ2v) is 19.1. The number of aromatic hydroxyl groups is 1. The van der Waals surface area contributed by atoms with Gasteiger partial charge in [0.2, 0.25) is 23.6 Å². The number of phenols is 1. The molecule has 0 spiro atoms. The van der Waals surface area contributed by atoms with E-state index in [1.807, 2.05) is 94.4 Å². The van der Waals surface area contributed by atoms with Gasteiger partial charge in [0, 0.05) is 54.1 Å². The SMILES string of the molecule is Cc1ccc(O)c(C2C3=CC[C@@H]4C(=O)N(c5ccc(/N=N/c6ccc(N(C)C)cc6)cc5)C(=O)C4[C@@H]3CC3C(=O)N(c4cc(-c5sc6ccc(Cl)cc6c5C)nn4C)C(=O)C32C)c1. The Balaban J connectivity index is 0.993. The molecule has 63 heavy (non-hydrogen) atoms. The number of aromatic nitrogens is 2. The van der Waals surface area contributed by atoms with Gasteiger partial charge >= 0.3 is 0 Å². The normalized spacial score (nSPS) is 24.4. The van der Waals surface area contributed by atoms with Crippen LogP contribution in [-0.2, 0) is 26.2 Å². The van der Waals surface area contributed by atoms with Crippen LogP contribution in [0.4, 0.5) is 28.6 Å². The Kier molecular flexibility index (Phi) is 9.57. The zero-order chi connectivity index (χ0) is 44.2. The number of azo groups is 1. The number of phenolic OH excluding ortho intramolecular Hbond substituents is 1. The number of rotatable bonds is 7. The molecule has 4 amide bonds. The molecule has 2 saturated heterocycles. The predicted octanol–water partition coefficient (Wildman–Crippen LogP) is 10.2. The molecule has 14 heteroatoms. The largest absolute Gasteiger partial charge is 0.508 e. The van der Waals surface area contributed by atoms with Gasteiger partial charge < -0.3 is 10.0 Å². The lowest BCUT2D eigenvalue weighted by atomic mass is 9.51. The van der Waals surface area contributed by atoms with Gasteiger partial charge in [0.15, 0.2) is 0 Å². The number of allylic oxidation sites excluding steroid dienone is 2. The predicted molar refractivity (Wildman–Crippen MR) is 245 cm³/mol. The molecule has 3 fully saturated rings. The molecule has 2 aliphatic heterocycles. The average Bonchev–Trinajstić information content (AvgIpc) is 3.94. The molecule has 1 N–H and O–H groups in total. The second-order valence-electron chi connectivity index (χ2n) is 17.6. The van der Waals surface area contributed by atoms with E-state index in [0.29, 0.717) is 39.2 Å². The Hall–Kier alpha value is -6.44. The van der Waals surface area contributed by atoms with Crippen LogP contribution in [0.25, 0.3) is 20.7 Å². The van der Waals surface area contributed by atoms with Crippen LogP contribution in [0.2, 0.25) is 5.02 Å². The number of carbonyl (C=O) groups excluding carboxylic acids is 4. The first kappa shape index (κ1) is 40.6. The van der Waals surface area contributed by atoms with Crippen molar-refractivity contribution in [2.75, 3.05) is 28.8 Å². The fraction of sp³-hybridized carbons (Fsp3) is 0.286. The molecule has 318 valence electrons. The minimum atomic E-state index is -1.34. The number of anilines is 3. The van der Waals surface area contributed by atoms with Gasteiger partial charge in [0.1, 0.15) is 17.3 Å². The minimum Gasteiger partial charge on any atom is -0.508 e. The van der Waals surface area contributed by atoms with Crippen molar-refractivity contribution in [3.63, 3.8) is 0 Å². The van der Waals surface area contributed by atoms with Gasteiger partial charge in [-0.2, -0.15) is 15.3 Å². The molecule has 4 unspecified atom stereocenters. The third-order valence-corrected chi connectivity index (χ3v) is 15.3. The molecule has 10 rings (SSSR count). The van der Waals surface area contributed by atoms with Gasteiger partial charge in [-0.3, -0.25) is 28.8 Å². The fourth-order valence-corrected chi connectivity index (χ4v) is 11.9. The molecule has 4 aliphatic rings. The van der Waals surface area contributed by atoms with E-state index < -0.39 is 46.8 Å². The van der Waals surface area contributed by atoms with E-state index in [1.54, 1.807) is 65.5 Å². The average molecular weight is 878 g/mol. The third kappa shape index (κ3) is 6.26. The molecule has 4 heterocycles. The van der Waals surface area contributed by atoms with E-state index in [0.717, 1.165) is 37.4 Å². The number of nitrogens with zero attached hydrogens (tertiary/aromatic N) is 7. The molecule has 2 aromatic heterocycles. The molecular weight excluding hydrogens is 834 g/mol. The molecule has 6 atom stereocenters. The standard InChI is InChI=1S/C49H44ClN7O5S/c1-25-7-19-39(58)36(21-25)43-32-17-18-33-42(47(61)56(45(33)59)31-15-11-29(12-16-31)52-51-28-9-13-30(14-10-28)54(4)5)35(32)23-37-46(60)57(48(62)49(37,43)3)41-24-38(53-55(41)6)44-26(2)34-22-27(50)8-20-40(34)63-44/h7-17,19-22,24,33,35,37,42-43,58H,18,23H2,1-6H3/b52-51+/t33-,35+,37?,42?,43?,49?/m0/s1. The van der Waals surface area contributed by atoms with Crippen LogP contribution in [0.5, 0.6) is 5.75 Å². The maximum atomic E-state index is 15.2. The third-order valence-electron chi connectivity index (χ3n) is 13.7. The van der Waals surface area contributed by atoms with Crippen molar-refractivity contribution in [3.8, 4) is 16.3 Å². The monoisotopic (exact) mass is 877 g/mol. The number of hydrogen-bond donors (Lipinski definition) is 1. The Morgan fingerprint density at radius 1 is 0.841 bits per heavy atom. The van der Waals surface area contributed by atoms with Crippen molar-refractivity contribution in [3.05, 3.63) is 124 Å². The zero-order valence-electron chi connectivity index (χ0n) is 35.5. The minimum absolute atomic E-state index is 0.00521. The van der Waals surface area contributed by atoms with Crippen molar-refractivity contribution in [1.82, 2.24) is 9.78 Å². The molecule has 6 aromatic rings. The summed E-state index contributed by atoms with van der Waals surface area (Å²) in [6, 6.07) is 27.3. The van der Waals surface area contributed by atoms with Crippen LogP contribution in [0.15, 0.2) is 113 Å². The van der Waals surface area contributed by atoms with E-state index in [1.165, 1.54) is 9.80 Å². The summed E-state index contributed by atoms with van der Waals surface area (Å²) in [5, 5.41) is 26.7. The lowest BCUT2D eigenvalue weighted by Crippen LogP contribution is -2.49. The lowest BCUT2D eigenvalue weighted by Gasteiger charge is -2.49. The summed E-state index contributed by atoms with van der Waals surface area (Å²) < 4.78 is 2.61. The van der Waals surface area contributed by atoms with Gasteiger partial charge in [0.05, 0.1) is 45.1 Å². The molecule has 0 radical (unpaired) electrons. The summed E-state index contributed by atoms with van der Waals surface area (Å²) in [7, 11) is 5.65. The molecule has 4 aromatic carbocycles. The highest BCUT2D eigenvalue weighted by Crippen LogP contribution is 2.64. The number of benzene rings is 4. The molecule has 1 saturated carbocycles. The summed E-state index contributed by atoms with van der Waals surface area (Å²) in [6.07, 6.45) is 2.44. The van der Waals surface area contributed by atoms with Crippen molar-refractivity contribution in [2.24, 2.45) is 46.4 Å². The summed E-state index contributed by atoms with van der Waals surface area (Å²) in [5.74, 6) is -4.75. The van der Waals surface area contributed by atoms with Crippen molar-refractivity contribution in [1.29, 1.82) is 0 Å². The van der Waals surface area contributed by atoms with E-state index in [-0.39, 0.29) is 30.4 Å². The van der Waals surface area contributed by atoms with E-state index >= 15 is 9.59 Å². The van der Waals surface area contributed by atoms with Crippen LogP contribution >= 0.6 is 22.9 Å². The first-order valence-electron chi connectivity index (χ1n) is 20.9. The van der Waals surface area contributed by atoms with Crippen LogP contribution in [0.3, 0.4) is 0 Å². The number of carbonyl (C=O) groups is 4. The Morgan fingerprint density at radius 3 is 2.24 bits per heavy atom. The number of hydrogen-bond acceptors (Lipinski definition) is 10. The van der Waals surface area contributed by atoms with Gasteiger partial charge in [-0.25, -0.2) is 4.90 Å². The van der Waals surface area contributed by atoms with E-state index in [2.05, 4.69) is 10.2 Å². The molecule has 2 aliphatic carbocycles. The summed E-state index contributed by atoms with van der Waals surface area (Å²) >= 11 is 7.91. The summed E-state index contributed by atoms with van der Waals surface area (Å²) in [6.45, 7) is 5.74. The number of fused-ring (bicyclic) bond motifs is 5. The van der Waals surface area contributed by atoms with E-state index in [4.69, 9.17) is 16.7 Å². The Morgan fingerprint density at radius 2 is 1.54 bits per heavy atom. The quantitative estimate of drug-likeness (QED) is 0.0956. The Labute approximate surface area is 373 Å². The first-order chi connectivity index (χ1) is 30.1. The number of imide groups is 2. The zero-order valence-corrected chi connectivity index (χ0v) is 37.1. The highest BCUT2D eigenvalue weighted by atomic mass is 35.5. The van der Waals surface area contributed by atoms with Crippen LogP contribution in [0, 0.1) is 42.9 Å². The maximum Gasteiger partial charge on any atom is 0.242 e. The number of amides is 4. The van der Waals surface area contributed by atoms with Crippen LogP contribution < -0.4 is 14.7 Å². The highest BCUT2D eigenvalue weighted by molar-refractivity contribution is 7.22. The van der Waals surface area contributed by atoms with Gasteiger partial charge in [-0.1, -0.05) is 40.9 Å². The van der Waals surface area contributed by atoms with Crippen LogP contribution in [0.1, 0.15) is 42.4 Å². The van der Waals surface area contributed by atoms with Gasteiger partial charge in [0.25, 0.3) is 0 Å². The summed E-state index contributed by atoms with van der Waals surface area (Å²) in [4.78, 5) is 64.7. The first-order valence-corrected chi connectivity index (χ1v) is 22.1. The molecule has 0 bridgehead atoms. The maximum absolute atomic E-state index is 15.2. The number of aryl methyl sites for hydroxylation is 3. The number of thiophene rings is 1. The van der Waals surface area contributed by atoms with E-state index in [9.17, 15) is 14.7 Å². The topological polar surface area (TPSA) is 141 Å². The number of halogens is 1. The highest BCUT2D eigenvalue weighted by Gasteiger charge is 2.68. The van der Waals surface area contributed by atoms with Crippen molar-refractivity contribution in [2.45, 2.75) is 39.5 Å². The van der Waals surface area contributed by atoms with Crippen molar-refractivity contribution >= 4 is 85.2 Å².